The lowest BCUT2D eigenvalue weighted by molar-refractivity contribution is -0.130. The molecule has 0 spiro atoms. The van der Waals surface area contributed by atoms with Crippen LogP contribution in [0.5, 0.6) is 0 Å². The van der Waals surface area contributed by atoms with E-state index in [0.29, 0.717) is 12.2 Å². The van der Waals surface area contributed by atoms with Crippen molar-refractivity contribution in [1.82, 2.24) is 14.9 Å². The second-order valence-electron chi connectivity index (χ2n) is 6.90. The van der Waals surface area contributed by atoms with Gasteiger partial charge in [-0.2, -0.15) is 16.5 Å². The summed E-state index contributed by atoms with van der Waals surface area (Å²) in [6.07, 6.45) is 4.55. The molecule has 2 amide bonds. The minimum absolute atomic E-state index is 0.0266. The molecule has 1 fully saturated rings. The first-order valence-corrected chi connectivity index (χ1v) is 12.3. The molecule has 1 unspecified atom stereocenters. The van der Waals surface area contributed by atoms with E-state index < -0.39 is 22.0 Å². The quantitative estimate of drug-likeness (QED) is 0.590. The molecule has 0 aliphatic carbocycles. The van der Waals surface area contributed by atoms with Gasteiger partial charge in [0.1, 0.15) is 6.04 Å². The highest BCUT2D eigenvalue weighted by molar-refractivity contribution is 7.98. The van der Waals surface area contributed by atoms with Gasteiger partial charge in [-0.1, -0.05) is 17.7 Å². The van der Waals surface area contributed by atoms with Gasteiger partial charge in [-0.05, 0) is 50.3 Å². The number of rotatable bonds is 10. The zero-order valence-electron chi connectivity index (χ0n) is 16.4. The van der Waals surface area contributed by atoms with Crippen LogP contribution in [0.2, 0.25) is 0 Å². The largest absolute Gasteiger partial charge is 0.354 e. The number of hydrogen-bond acceptors (Lipinski definition) is 5. The molecule has 0 saturated carbocycles. The number of carbonyl (C=O) groups excluding carboxylic acids is 2. The van der Waals surface area contributed by atoms with Crippen molar-refractivity contribution < 1.29 is 18.0 Å². The molecular formula is C19H29N3O4S2. The van der Waals surface area contributed by atoms with Crippen molar-refractivity contribution in [2.75, 3.05) is 31.6 Å². The molecule has 2 rings (SSSR count). The van der Waals surface area contributed by atoms with Gasteiger partial charge in [-0.15, -0.1) is 0 Å². The van der Waals surface area contributed by atoms with Gasteiger partial charge < -0.3 is 10.2 Å². The number of nitrogens with zero attached hydrogens (tertiary/aromatic N) is 1. The van der Waals surface area contributed by atoms with Crippen molar-refractivity contribution in [1.29, 1.82) is 0 Å². The van der Waals surface area contributed by atoms with Crippen LogP contribution in [0.15, 0.2) is 29.2 Å². The van der Waals surface area contributed by atoms with Crippen LogP contribution in [0.4, 0.5) is 0 Å². The van der Waals surface area contributed by atoms with Gasteiger partial charge in [0.25, 0.3) is 0 Å². The molecule has 9 heteroatoms. The highest BCUT2D eigenvalue weighted by atomic mass is 32.2. The predicted octanol–water partition coefficient (Wildman–Crippen LogP) is 1.52. The molecule has 0 bridgehead atoms. The van der Waals surface area contributed by atoms with E-state index in [-0.39, 0.29) is 23.8 Å². The number of benzene rings is 1. The molecule has 0 aromatic heterocycles. The Morgan fingerprint density at radius 3 is 2.43 bits per heavy atom. The highest BCUT2D eigenvalue weighted by Gasteiger charge is 2.25. The third-order valence-corrected chi connectivity index (χ3v) is 6.78. The molecule has 2 N–H and O–H groups in total. The van der Waals surface area contributed by atoms with Crippen LogP contribution in [0, 0.1) is 6.92 Å². The van der Waals surface area contributed by atoms with E-state index in [1.54, 1.807) is 28.8 Å². The van der Waals surface area contributed by atoms with Crippen molar-refractivity contribution in [3.8, 4) is 0 Å². The maximum atomic E-state index is 12.6. The van der Waals surface area contributed by atoms with Crippen LogP contribution in [0.3, 0.4) is 0 Å². The van der Waals surface area contributed by atoms with Gasteiger partial charge in [0, 0.05) is 26.1 Å². The molecular weight excluding hydrogens is 398 g/mol. The van der Waals surface area contributed by atoms with Crippen molar-refractivity contribution >= 4 is 33.6 Å². The highest BCUT2D eigenvalue weighted by Crippen LogP contribution is 2.12. The lowest BCUT2D eigenvalue weighted by atomic mass is 10.2. The Labute approximate surface area is 171 Å². The minimum Gasteiger partial charge on any atom is -0.354 e. The molecule has 156 valence electrons. The van der Waals surface area contributed by atoms with Crippen molar-refractivity contribution in [2.24, 2.45) is 0 Å². The third-order valence-electron chi connectivity index (χ3n) is 4.65. The van der Waals surface area contributed by atoms with Crippen LogP contribution >= 0.6 is 11.8 Å². The van der Waals surface area contributed by atoms with E-state index in [0.717, 1.165) is 31.5 Å². The molecule has 1 aromatic rings. The molecule has 28 heavy (non-hydrogen) atoms. The first kappa shape index (κ1) is 22.7. The van der Waals surface area contributed by atoms with Gasteiger partial charge in [0.05, 0.1) is 4.90 Å². The van der Waals surface area contributed by atoms with Crippen LogP contribution in [-0.4, -0.2) is 62.8 Å². The smallest absolute Gasteiger partial charge is 0.241 e. The summed E-state index contributed by atoms with van der Waals surface area (Å²) >= 11 is 1.54. The number of sulfonamides is 1. The Kier molecular flexibility index (Phi) is 8.78. The van der Waals surface area contributed by atoms with Gasteiger partial charge in [0.2, 0.25) is 21.8 Å². The summed E-state index contributed by atoms with van der Waals surface area (Å²) in [6, 6.07) is 5.61. The first-order chi connectivity index (χ1) is 13.3. The molecule has 7 nitrogen and oxygen atoms in total. The fourth-order valence-corrected chi connectivity index (χ4v) is 4.69. The van der Waals surface area contributed by atoms with Gasteiger partial charge >= 0.3 is 0 Å². The summed E-state index contributed by atoms with van der Waals surface area (Å²) in [5.41, 5.74) is 0.957. The van der Waals surface area contributed by atoms with Crippen LogP contribution in [0.25, 0.3) is 0 Å². The Bertz CT molecular complexity index is 760. The molecule has 1 heterocycles. The monoisotopic (exact) mass is 427 g/mol. The SMILES string of the molecule is CSCCC(NS(=O)(=O)c1ccc(C)cc1)C(=O)NCCC(=O)N1CCCC1. The summed E-state index contributed by atoms with van der Waals surface area (Å²) in [5.74, 6) is 0.263. The van der Waals surface area contributed by atoms with Gasteiger partial charge in [0.15, 0.2) is 0 Å². The van der Waals surface area contributed by atoms with Crippen molar-refractivity contribution in [3.63, 3.8) is 0 Å². The van der Waals surface area contributed by atoms with Crippen LogP contribution in [0.1, 0.15) is 31.2 Å². The molecule has 0 radical (unpaired) electrons. The summed E-state index contributed by atoms with van der Waals surface area (Å²) < 4.78 is 27.7. The van der Waals surface area contributed by atoms with E-state index >= 15 is 0 Å². The van der Waals surface area contributed by atoms with Crippen LogP contribution in [-0.2, 0) is 19.6 Å². The van der Waals surface area contributed by atoms with E-state index in [4.69, 9.17) is 0 Å². The minimum atomic E-state index is -3.80. The van der Waals surface area contributed by atoms with E-state index in [2.05, 4.69) is 10.0 Å². The van der Waals surface area contributed by atoms with Crippen molar-refractivity contribution in [3.05, 3.63) is 29.8 Å². The Morgan fingerprint density at radius 1 is 1.18 bits per heavy atom. The fraction of sp³-hybridized carbons (Fsp3) is 0.579. The third kappa shape index (κ3) is 6.79. The molecule has 1 aromatic carbocycles. The topological polar surface area (TPSA) is 95.6 Å². The average molecular weight is 428 g/mol. The lowest BCUT2D eigenvalue weighted by Gasteiger charge is -2.19. The number of thioether (sulfide) groups is 1. The lowest BCUT2D eigenvalue weighted by Crippen LogP contribution is -2.47. The number of hydrogen-bond donors (Lipinski definition) is 2. The molecule has 1 aliphatic rings. The Balaban J connectivity index is 1.94. The molecule has 1 atom stereocenters. The second-order valence-corrected chi connectivity index (χ2v) is 9.60. The average Bonchev–Trinajstić information content (AvgIpc) is 3.20. The van der Waals surface area contributed by atoms with Gasteiger partial charge in [-0.25, -0.2) is 8.42 Å². The zero-order valence-corrected chi connectivity index (χ0v) is 18.1. The summed E-state index contributed by atoms with van der Waals surface area (Å²) in [4.78, 5) is 26.5. The Hall–Kier alpha value is -1.58. The summed E-state index contributed by atoms with van der Waals surface area (Å²) in [5, 5.41) is 2.71. The van der Waals surface area contributed by atoms with Gasteiger partial charge in [-0.3, -0.25) is 9.59 Å². The second kappa shape index (κ2) is 10.8. The first-order valence-electron chi connectivity index (χ1n) is 9.47. The van der Waals surface area contributed by atoms with Crippen molar-refractivity contribution in [2.45, 2.75) is 43.5 Å². The normalized spacial score (nSPS) is 15.4. The zero-order chi connectivity index (χ0) is 20.6. The van der Waals surface area contributed by atoms with E-state index in [1.165, 1.54) is 12.1 Å². The summed E-state index contributed by atoms with van der Waals surface area (Å²) in [7, 11) is -3.80. The predicted molar refractivity (Wildman–Crippen MR) is 112 cm³/mol. The number of aryl methyl sites for hydroxylation is 1. The maximum absolute atomic E-state index is 12.6. The summed E-state index contributed by atoms with van der Waals surface area (Å²) in [6.45, 7) is 3.64. The van der Waals surface area contributed by atoms with E-state index in [1.807, 2.05) is 13.2 Å². The number of likely N-dealkylation sites (tertiary alicyclic amines) is 1. The molecule has 1 aliphatic heterocycles. The van der Waals surface area contributed by atoms with E-state index in [9.17, 15) is 18.0 Å². The Morgan fingerprint density at radius 2 is 1.82 bits per heavy atom. The fourth-order valence-electron chi connectivity index (χ4n) is 2.99. The maximum Gasteiger partial charge on any atom is 0.241 e. The van der Waals surface area contributed by atoms with Crippen LogP contribution < -0.4 is 10.0 Å². The standard InChI is InChI=1S/C19H29N3O4S2/c1-15-5-7-16(8-6-15)28(25,26)21-17(10-14-27-2)19(24)20-11-9-18(23)22-12-3-4-13-22/h5-8,17,21H,3-4,9-14H2,1-2H3,(H,20,24). The molecule has 1 saturated heterocycles. The number of nitrogens with one attached hydrogen (secondary N) is 2. The number of carbonyl (C=O) groups is 2. The number of amides is 2.